The summed E-state index contributed by atoms with van der Waals surface area (Å²) in [4.78, 5) is 0. The van der Waals surface area contributed by atoms with E-state index in [2.05, 4.69) is 0 Å². The Morgan fingerprint density at radius 1 is 0.800 bits per heavy atom. The Hall–Kier alpha value is -0.140. The maximum atomic E-state index is 11.4. The molecule has 0 spiro atoms. The molecule has 1 N–H and O–H groups in total. The first-order valence-electron chi connectivity index (χ1n) is 5.10. The van der Waals surface area contributed by atoms with Gasteiger partial charge in [0.2, 0.25) is 20.0 Å². The van der Waals surface area contributed by atoms with Gasteiger partial charge in [0.25, 0.3) is 0 Å². The van der Waals surface area contributed by atoms with Gasteiger partial charge in [0.15, 0.2) is 0 Å². The van der Waals surface area contributed by atoms with Crippen LogP contribution in [0.3, 0.4) is 0 Å². The van der Waals surface area contributed by atoms with Crippen molar-refractivity contribution in [2.45, 2.75) is 25.7 Å². The van der Waals surface area contributed by atoms with Crippen LogP contribution in [0.1, 0.15) is 25.7 Å². The van der Waals surface area contributed by atoms with Gasteiger partial charge in [0.1, 0.15) is 0 Å². The zero-order chi connectivity index (χ0) is 11.1. The standard InChI is InChI=1S/C8H15NO4S2/c10-14(11,5-7-1-2-7)9-15(12,13)6-8-3-4-8/h7-9H,1-6H2. The van der Waals surface area contributed by atoms with Gasteiger partial charge in [0.05, 0.1) is 11.5 Å². The minimum atomic E-state index is -3.63. The lowest BCUT2D eigenvalue weighted by molar-refractivity contribution is 0.573. The Labute approximate surface area is 90.4 Å². The number of rotatable bonds is 6. The van der Waals surface area contributed by atoms with Crippen LogP contribution < -0.4 is 4.13 Å². The molecule has 15 heavy (non-hydrogen) atoms. The first-order chi connectivity index (χ1) is 6.86. The molecule has 0 amide bonds. The van der Waals surface area contributed by atoms with Crippen molar-refractivity contribution in [2.24, 2.45) is 11.8 Å². The monoisotopic (exact) mass is 253 g/mol. The highest BCUT2D eigenvalue weighted by molar-refractivity contribution is 8.04. The summed E-state index contributed by atoms with van der Waals surface area (Å²) in [5, 5.41) is 0. The van der Waals surface area contributed by atoms with Gasteiger partial charge in [-0.3, -0.25) is 0 Å². The minimum Gasteiger partial charge on any atom is -0.211 e. The Morgan fingerprint density at radius 3 is 1.40 bits per heavy atom. The van der Waals surface area contributed by atoms with Gasteiger partial charge >= 0.3 is 0 Å². The summed E-state index contributed by atoms with van der Waals surface area (Å²) in [7, 11) is -7.26. The Kier molecular flexibility index (Phi) is 2.81. The molecular formula is C8H15NO4S2. The van der Waals surface area contributed by atoms with E-state index in [-0.39, 0.29) is 23.3 Å². The Bertz CT molecular complexity index is 389. The van der Waals surface area contributed by atoms with Crippen molar-refractivity contribution in [3.05, 3.63) is 0 Å². The van der Waals surface area contributed by atoms with Gasteiger partial charge < -0.3 is 0 Å². The van der Waals surface area contributed by atoms with Gasteiger partial charge in [-0.2, -0.15) is 0 Å². The molecule has 2 fully saturated rings. The first kappa shape index (κ1) is 11.3. The fraction of sp³-hybridized carbons (Fsp3) is 1.00. The van der Waals surface area contributed by atoms with Crippen molar-refractivity contribution in [2.75, 3.05) is 11.5 Å². The van der Waals surface area contributed by atoms with E-state index in [1.807, 2.05) is 4.13 Å². The summed E-state index contributed by atoms with van der Waals surface area (Å²) >= 11 is 0. The fourth-order valence-corrected chi connectivity index (χ4v) is 5.45. The largest absolute Gasteiger partial charge is 0.224 e. The molecule has 0 aromatic rings. The van der Waals surface area contributed by atoms with E-state index in [9.17, 15) is 16.8 Å². The SMILES string of the molecule is O=S(=O)(CC1CC1)NS(=O)(=O)CC1CC1. The highest BCUT2D eigenvalue weighted by atomic mass is 32.3. The van der Waals surface area contributed by atoms with E-state index in [1.54, 1.807) is 0 Å². The van der Waals surface area contributed by atoms with Crippen molar-refractivity contribution in [3.63, 3.8) is 0 Å². The number of nitrogens with one attached hydrogen (secondary N) is 1. The summed E-state index contributed by atoms with van der Waals surface area (Å²) in [6.07, 6.45) is 3.57. The lowest BCUT2D eigenvalue weighted by Crippen LogP contribution is -2.35. The van der Waals surface area contributed by atoms with Gasteiger partial charge in [-0.1, -0.05) is 0 Å². The number of sulfonamides is 2. The average molecular weight is 253 g/mol. The van der Waals surface area contributed by atoms with Crippen LogP contribution in [0.15, 0.2) is 0 Å². The van der Waals surface area contributed by atoms with Crippen LogP contribution in [0, 0.1) is 11.8 Å². The zero-order valence-electron chi connectivity index (χ0n) is 8.35. The quantitative estimate of drug-likeness (QED) is 0.725. The minimum absolute atomic E-state index is 0.0447. The van der Waals surface area contributed by atoms with Gasteiger partial charge in [-0.25, -0.2) is 16.8 Å². The van der Waals surface area contributed by atoms with E-state index in [0.29, 0.717) is 0 Å². The molecular weight excluding hydrogens is 238 g/mol. The first-order valence-corrected chi connectivity index (χ1v) is 8.41. The lowest BCUT2D eigenvalue weighted by Gasteiger charge is -2.06. The summed E-state index contributed by atoms with van der Waals surface area (Å²) in [6, 6.07) is 0. The highest BCUT2D eigenvalue weighted by Crippen LogP contribution is 2.31. The molecule has 2 aliphatic carbocycles. The second-order valence-corrected chi connectivity index (χ2v) is 8.33. The third kappa shape index (κ3) is 4.08. The van der Waals surface area contributed by atoms with Crippen molar-refractivity contribution < 1.29 is 16.8 Å². The maximum Gasteiger partial charge on any atom is 0.224 e. The van der Waals surface area contributed by atoms with Crippen LogP contribution in [0.25, 0.3) is 0 Å². The van der Waals surface area contributed by atoms with E-state index in [4.69, 9.17) is 0 Å². The molecule has 0 radical (unpaired) electrons. The fourth-order valence-electron chi connectivity index (χ4n) is 1.45. The maximum absolute atomic E-state index is 11.4. The average Bonchev–Trinajstić information content (AvgIpc) is 2.80. The third-order valence-corrected chi connectivity index (χ3v) is 6.41. The summed E-state index contributed by atoms with van der Waals surface area (Å²) in [6.45, 7) is 0. The van der Waals surface area contributed by atoms with Crippen LogP contribution in [-0.2, 0) is 20.0 Å². The molecule has 0 heterocycles. The van der Waals surface area contributed by atoms with Crippen molar-refractivity contribution >= 4 is 20.0 Å². The molecule has 0 bridgehead atoms. The molecule has 0 saturated heterocycles. The highest BCUT2D eigenvalue weighted by Gasteiger charge is 2.33. The number of hydrogen-bond acceptors (Lipinski definition) is 4. The molecule has 0 aliphatic heterocycles. The summed E-state index contributed by atoms with van der Waals surface area (Å²) in [5.74, 6) is 0.241. The predicted molar refractivity (Wildman–Crippen MR) is 56.2 cm³/mol. The van der Waals surface area contributed by atoms with Gasteiger partial charge in [0, 0.05) is 0 Å². The molecule has 5 nitrogen and oxygen atoms in total. The zero-order valence-corrected chi connectivity index (χ0v) is 9.98. The van der Waals surface area contributed by atoms with Crippen LogP contribution in [-0.4, -0.2) is 28.3 Å². The third-order valence-electron chi connectivity index (χ3n) is 2.56. The topological polar surface area (TPSA) is 80.3 Å². The molecule has 0 aromatic heterocycles. The van der Waals surface area contributed by atoms with Crippen LogP contribution in [0.2, 0.25) is 0 Å². The molecule has 2 aliphatic rings. The second kappa shape index (κ2) is 3.71. The molecule has 2 rings (SSSR count). The summed E-state index contributed by atoms with van der Waals surface area (Å²) in [5.41, 5.74) is 0. The molecule has 0 atom stereocenters. The Balaban J connectivity index is 1.92. The van der Waals surface area contributed by atoms with Crippen molar-refractivity contribution in [1.82, 2.24) is 4.13 Å². The second-order valence-electron chi connectivity index (χ2n) is 4.53. The molecule has 0 aromatic carbocycles. The smallest absolute Gasteiger partial charge is 0.211 e. The molecule has 0 unspecified atom stereocenters. The van der Waals surface area contributed by atoms with Gasteiger partial charge in [-0.15, -0.1) is 4.13 Å². The lowest BCUT2D eigenvalue weighted by atomic mass is 10.5. The van der Waals surface area contributed by atoms with Gasteiger partial charge in [-0.05, 0) is 37.5 Å². The van der Waals surface area contributed by atoms with Crippen LogP contribution in [0.5, 0.6) is 0 Å². The van der Waals surface area contributed by atoms with Crippen LogP contribution >= 0.6 is 0 Å². The van der Waals surface area contributed by atoms with E-state index >= 15 is 0 Å². The molecule has 7 heteroatoms. The number of hydrogen-bond donors (Lipinski definition) is 1. The Morgan fingerprint density at radius 2 is 1.13 bits per heavy atom. The van der Waals surface area contributed by atoms with E-state index in [1.165, 1.54) is 0 Å². The van der Waals surface area contributed by atoms with Crippen molar-refractivity contribution in [3.8, 4) is 0 Å². The molecule has 88 valence electrons. The predicted octanol–water partition coefficient (Wildman–Crippen LogP) is 0.0556. The van der Waals surface area contributed by atoms with E-state index in [0.717, 1.165) is 25.7 Å². The van der Waals surface area contributed by atoms with Crippen LogP contribution in [0.4, 0.5) is 0 Å². The summed E-state index contributed by atoms with van der Waals surface area (Å²) < 4.78 is 47.5. The van der Waals surface area contributed by atoms with E-state index < -0.39 is 20.0 Å². The molecule has 2 saturated carbocycles. The normalized spacial score (nSPS) is 22.9. The van der Waals surface area contributed by atoms with Crippen molar-refractivity contribution in [1.29, 1.82) is 0 Å².